The summed E-state index contributed by atoms with van der Waals surface area (Å²) in [5, 5.41) is 15.5. The largest absolute Gasteiger partial charge is 0.493 e. The molecule has 0 fully saturated rings. The molecule has 0 aliphatic carbocycles. The summed E-state index contributed by atoms with van der Waals surface area (Å²) < 4.78 is 12.6. The summed E-state index contributed by atoms with van der Waals surface area (Å²) >= 11 is 0. The van der Waals surface area contributed by atoms with Crippen LogP contribution in [-0.4, -0.2) is 34.4 Å². The highest BCUT2D eigenvalue weighted by molar-refractivity contribution is 5.45. The molecule has 128 valence electrons. The molecule has 7 nitrogen and oxygen atoms in total. The first-order valence-electron chi connectivity index (χ1n) is 8.11. The highest BCUT2D eigenvalue weighted by Crippen LogP contribution is 2.39. The van der Waals surface area contributed by atoms with Gasteiger partial charge >= 0.3 is 0 Å². The number of hydrogen-bond donors (Lipinski definition) is 1. The quantitative estimate of drug-likeness (QED) is 0.789. The number of nitrogens with one attached hydrogen (secondary N) is 1. The molecule has 1 aliphatic heterocycles. The van der Waals surface area contributed by atoms with Crippen molar-refractivity contribution in [1.82, 2.24) is 20.2 Å². The van der Waals surface area contributed by atoms with Crippen molar-refractivity contribution >= 4 is 5.95 Å². The third-order valence-corrected chi connectivity index (χ3v) is 4.54. The number of aromatic nitrogens is 4. The fraction of sp³-hybridized carbons (Fsp3) is 0.278. The highest BCUT2D eigenvalue weighted by Gasteiger charge is 2.31. The van der Waals surface area contributed by atoms with Gasteiger partial charge in [-0.3, -0.25) is 0 Å². The molecule has 7 heteroatoms. The Morgan fingerprint density at radius 3 is 2.56 bits per heavy atom. The number of nitrogens with zero attached hydrogens (tertiary/aromatic N) is 4. The predicted molar refractivity (Wildman–Crippen MR) is 92.9 cm³/mol. The van der Waals surface area contributed by atoms with E-state index in [9.17, 15) is 0 Å². The maximum atomic E-state index is 5.45. The van der Waals surface area contributed by atoms with Gasteiger partial charge in [-0.05, 0) is 40.1 Å². The first-order chi connectivity index (χ1) is 12.3. The normalized spacial score (nSPS) is 19.0. The number of methoxy groups -OCH3 is 2. The maximum Gasteiger partial charge on any atom is 0.243 e. The molecule has 1 aliphatic rings. The summed E-state index contributed by atoms with van der Waals surface area (Å²) in [5.41, 5.74) is 2.29. The van der Waals surface area contributed by atoms with Crippen LogP contribution in [-0.2, 0) is 0 Å². The van der Waals surface area contributed by atoms with E-state index in [0.717, 1.165) is 12.0 Å². The lowest BCUT2D eigenvalue weighted by Crippen LogP contribution is -2.28. The molecule has 0 bridgehead atoms. The van der Waals surface area contributed by atoms with Crippen LogP contribution in [0.1, 0.15) is 29.6 Å². The minimum Gasteiger partial charge on any atom is -0.493 e. The second-order valence-electron chi connectivity index (χ2n) is 5.92. The molecule has 2 heterocycles. The average molecular weight is 337 g/mol. The minimum atomic E-state index is 0.0104. The van der Waals surface area contributed by atoms with Crippen molar-refractivity contribution < 1.29 is 9.47 Å². The molecule has 25 heavy (non-hydrogen) atoms. The van der Waals surface area contributed by atoms with E-state index in [1.807, 2.05) is 41.1 Å². The van der Waals surface area contributed by atoms with Crippen LogP contribution in [0.5, 0.6) is 11.5 Å². The molecule has 3 aromatic rings. The molecule has 0 unspecified atom stereocenters. The topological polar surface area (TPSA) is 74.1 Å². The number of benzene rings is 2. The standard InChI is InChI=1S/C18H19N5O2/c1-24-16-9-8-13(10-17(16)25-2)15-11-14(12-6-4-3-5-7-12)19-18-20-21-22-23(15)18/h3-10,14-15H,11H2,1-2H3,(H,19,20,22)/t14-,15-/m0/s1. The maximum absolute atomic E-state index is 5.45. The number of ether oxygens (including phenoxy) is 2. The monoisotopic (exact) mass is 337 g/mol. The van der Waals surface area contributed by atoms with Gasteiger partial charge < -0.3 is 14.8 Å². The van der Waals surface area contributed by atoms with Crippen molar-refractivity contribution in [3.8, 4) is 11.5 Å². The Hall–Kier alpha value is -3.09. The van der Waals surface area contributed by atoms with E-state index in [-0.39, 0.29) is 12.1 Å². The van der Waals surface area contributed by atoms with Crippen LogP contribution in [0.2, 0.25) is 0 Å². The Morgan fingerprint density at radius 1 is 1.00 bits per heavy atom. The van der Waals surface area contributed by atoms with Gasteiger partial charge in [0.2, 0.25) is 5.95 Å². The Kier molecular flexibility index (Phi) is 3.97. The van der Waals surface area contributed by atoms with Gasteiger partial charge in [0.05, 0.1) is 26.3 Å². The first-order valence-corrected chi connectivity index (χ1v) is 8.11. The second-order valence-corrected chi connectivity index (χ2v) is 5.92. The molecule has 2 atom stereocenters. The van der Waals surface area contributed by atoms with Crippen LogP contribution in [0, 0.1) is 0 Å². The molecule has 1 N–H and O–H groups in total. The molecule has 0 saturated carbocycles. The predicted octanol–water partition coefficient (Wildman–Crippen LogP) is 2.84. The van der Waals surface area contributed by atoms with Crippen molar-refractivity contribution in [2.45, 2.75) is 18.5 Å². The Bertz CT molecular complexity index is 865. The molecule has 0 radical (unpaired) electrons. The van der Waals surface area contributed by atoms with Crippen LogP contribution < -0.4 is 14.8 Å². The number of tetrazole rings is 1. The summed E-state index contributed by atoms with van der Waals surface area (Å²) in [6.45, 7) is 0. The van der Waals surface area contributed by atoms with Gasteiger partial charge in [0.15, 0.2) is 11.5 Å². The molecule has 0 spiro atoms. The number of rotatable bonds is 4. The fourth-order valence-corrected chi connectivity index (χ4v) is 3.28. The fourth-order valence-electron chi connectivity index (χ4n) is 3.28. The van der Waals surface area contributed by atoms with Gasteiger partial charge in [0.1, 0.15) is 0 Å². The number of fused-ring (bicyclic) bond motifs is 1. The zero-order chi connectivity index (χ0) is 17.2. The van der Waals surface area contributed by atoms with Gasteiger partial charge in [-0.25, -0.2) is 4.68 Å². The summed E-state index contributed by atoms with van der Waals surface area (Å²) in [4.78, 5) is 0. The molecular formula is C18H19N5O2. The van der Waals surface area contributed by atoms with Gasteiger partial charge in [-0.2, -0.15) is 0 Å². The number of anilines is 1. The lowest BCUT2D eigenvalue weighted by molar-refractivity contribution is 0.352. The van der Waals surface area contributed by atoms with E-state index in [1.165, 1.54) is 5.56 Å². The van der Waals surface area contributed by atoms with Crippen molar-refractivity contribution in [3.63, 3.8) is 0 Å². The SMILES string of the molecule is COc1ccc([C@@H]2C[C@@H](c3ccccc3)Nc3nnnn32)cc1OC. The van der Waals surface area contributed by atoms with Crippen molar-refractivity contribution in [2.24, 2.45) is 0 Å². The summed E-state index contributed by atoms with van der Waals surface area (Å²) in [6, 6.07) is 16.4. The van der Waals surface area contributed by atoms with E-state index in [0.29, 0.717) is 17.4 Å². The summed E-state index contributed by atoms with van der Waals surface area (Å²) in [6.07, 6.45) is 0.831. The molecule has 4 rings (SSSR count). The van der Waals surface area contributed by atoms with E-state index in [1.54, 1.807) is 14.2 Å². The molecule has 1 aromatic heterocycles. The zero-order valence-corrected chi connectivity index (χ0v) is 14.1. The highest BCUT2D eigenvalue weighted by atomic mass is 16.5. The third-order valence-electron chi connectivity index (χ3n) is 4.54. The van der Waals surface area contributed by atoms with Crippen LogP contribution >= 0.6 is 0 Å². The van der Waals surface area contributed by atoms with Crippen LogP contribution in [0.4, 0.5) is 5.95 Å². The smallest absolute Gasteiger partial charge is 0.243 e. The van der Waals surface area contributed by atoms with Crippen LogP contribution in [0.15, 0.2) is 48.5 Å². The number of hydrogen-bond acceptors (Lipinski definition) is 6. The third kappa shape index (κ3) is 2.77. The van der Waals surface area contributed by atoms with Crippen molar-refractivity contribution in [1.29, 1.82) is 0 Å². The average Bonchev–Trinajstić information content (AvgIpc) is 3.16. The summed E-state index contributed by atoms with van der Waals surface area (Å²) in [5.74, 6) is 2.07. The molecule has 0 saturated heterocycles. The second kappa shape index (κ2) is 6.43. The molecule has 2 aromatic carbocycles. The molecular weight excluding hydrogens is 318 g/mol. The summed E-state index contributed by atoms with van der Waals surface area (Å²) in [7, 11) is 3.27. The zero-order valence-electron chi connectivity index (χ0n) is 14.1. The Balaban J connectivity index is 1.73. The van der Waals surface area contributed by atoms with Crippen LogP contribution in [0.3, 0.4) is 0 Å². The lowest BCUT2D eigenvalue weighted by Gasteiger charge is -2.31. The van der Waals surface area contributed by atoms with E-state index in [2.05, 4.69) is 33.0 Å². The van der Waals surface area contributed by atoms with Crippen molar-refractivity contribution in [3.05, 3.63) is 59.7 Å². The van der Waals surface area contributed by atoms with E-state index < -0.39 is 0 Å². The Morgan fingerprint density at radius 2 is 1.80 bits per heavy atom. The first kappa shape index (κ1) is 15.4. The molecule has 0 amide bonds. The Labute approximate surface area is 145 Å². The van der Waals surface area contributed by atoms with Crippen molar-refractivity contribution in [2.75, 3.05) is 19.5 Å². The van der Waals surface area contributed by atoms with Crippen LogP contribution in [0.25, 0.3) is 0 Å². The van der Waals surface area contributed by atoms with E-state index in [4.69, 9.17) is 9.47 Å². The lowest BCUT2D eigenvalue weighted by atomic mass is 9.93. The van der Waals surface area contributed by atoms with Gasteiger partial charge in [0.25, 0.3) is 0 Å². The van der Waals surface area contributed by atoms with Gasteiger partial charge in [0, 0.05) is 0 Å². The van der Waals surface area contributed by atoms with Gasteiger partial charge in [-0.15, -0.1) is 0 Å². The minimum absolute atomic E-state index is 0.0104. The van der Waals surface area contributed by atoms with Gasteiger partial charge in [-0.1, -0.05) is 41.5 Å². The van der Waals surface area contributed by atoms with E-state index >= 15 is 0 Å².